The van der Waals surface area contributed by atoms with Crippen LogP contribution in [0.2, 0.25) is 0 Å². The van der Waals surface area contributed by atoms with Crippen LogP contribution in [0.25, 0.3) is 22.2 Å². The second-order valence-electron chi connectivity index (χ2n) is 8.35. The summed E-state index contributed by atoms with van der Waals surface area (Å²) in [5.41, 5.74) is 8.76. The van der Waals surface area contributed by atoms with Gasteiger partial charge in [0.1, 0.15) is 5.82 Å². The quantitative estimate of drug-likeness (QED) is 0.376. The maximum atomic E-state index is 13.3. The van der Waals surface area contributed by atoms with Gasteiger partial charge in [-0.15, -0.1) is 0 Å². The third kappa shape index (κ3) is 3.90. The highest BCUT2D eigenvalue weighted by atomic mass is 79.9. The SMILES string of the molecule is Cc1ccc(C(=O)N2CCCc3ccc(-c4ccc5[nH]c(C)nc5c4)cc3C2)c(Br)c1. The van der Waals surface area contributed by atoms with Crippen molar-refractivity contribution >= 4 is 32.9 Å². The van der Waals surface area contributed by atoms with Crippen molar-refractivity contribution in [2.75, 3.05) is 6.54 Å². The number of nitrogens with zero attached hydrogens (tertiary/aromatic N) is 2. The first kappa shape index (κ1) is 20.0. The molecular formula is C26H24BrN3O. The van der Waals surface area contributed by atoms with Crippen LogP contribution in [0.1, 0.15) is 39.3 Å². The number of H-pyrrole nitrogens is 1. The van der Waals surface area contributed by atoms with Gasteiger partial charge in [-0.2, -0.15) is 0 Å². The highest BCUT2D eigenvalue weighted by Gasteiger charge is 2.22. The molecule has 0 radical (unpaired) electrons. The van der Waals surface area contributed by atoms with E-state index in [-0.39, 0.29) is 5.91 Å². The Morgan fingerprint density at radius 2 is 1.81 bits per heavy atom. The molecule has 0 bridgehead atoms. The molecule has 31 heavy (non-hydrogen) atoms. The Morgan fingerprint density at radius 3 is 2.65 bits per heavy atom. The number of aryl methyl sites for hydroxylation is 3. The fourth-order valence-corrected chi connectivity index (χ4v) is 5.05. The Morgan fingerprint density at radius 1 is 1.00 bits per heavy atom. The van der Waals surface area contributed by atoms with Crippen molar-refractivity contribution in [2.24, 2.45) is 0 Å². The molecule has 0 saturated heterocycles. The van der Waals surface area contributed by atoms with E-state index in [2.05, 4.69) is 62.3 Å². The van der Waals surface area contributed by atoms with Crippen molar-refractivity contribution in [3.05, 3.63) is 87.1 Å². The summed E-state index contributed by atoms with van der Waals surface area (Å²) in [6.07, 6.45) is 1.96. The fourth-order valence-electron chi connectivity index (χ4n) is 4.39. The highest BCUT2D eigenvalue weighted by molar-refractivity contribution is 9.10. The molecule has 5 heteroatoms. The van der Waals surface area contributed by atoms with E-state index in [0.29, 0.717) is 6.54 Å². The number of rotatable bonds is 2. The van der Waals surface area contributed by atoms with Gasteiger partial charge in [-0.25, -0.2) is 4.98 Å². The van der Waals surface area contributed by atoms with Crippen molar-refractivity contribution in [1.29, 1.82) is 0 Å². The van der Waals surface area contributed by atoms with Gasteiger partial charge in [0.25, 0.3) is 5.91 Å². The number of amides is 1. The zero-order valence-corrected chi connectivity index (χ0v) is 19.3. The highest BCUT2D eigenvalue weighted by Crippen LogP contribution is 2.29. The van der Waals surface area contributed by atoms with Crippen LogP contribution < -0.4 is 0 Å². The Hall–Kier alpha value is -2.92. The van der Waals surface area contributed by atoms with E-state index >= 15 is 0 Å². The molecule has 1 aliphatic rings. The normalized spacial score (nSPS) is 13.8. The number of benzene rings is 3. The summed E-state index contributed by atoms with van der Waals surface area (Å²) in [5.74, 6) is 1.00. The van der Waals surface area contributed by atoms with Gasteiger partial charge in [0, 0.05) is 17.6 Å². The topological polar surface area (TPSA) is 49.0 Å². The summed E-state index contributed by atoms with van der Waals surface area (Å²) in [5, 5.41) is 0. The van der Waals surface area contributed by atoms with Crippen LogP contribution in [0.15, 0.2) is 59.1 Å². The number of fused-ring (bicyclic) bond motifs is 2. The van der Waals surface area contributed by atoms with Crippen LogP contribution in [-0.2, 0) is 13.0 Å². The Kier molecular flexibility index (Phi) is 5.14. The van der Waals surface area contributed by atoms with Crippen LogP contribution >= 0.6 is 15.9 Å². The van der Waals surface area contributed by atoms with Crippen LogP contribution in [0.5, 0.6) is 0 Å². The van der Waals surface area contributed by atoms with Gasteiger partial charge in [-0.05, 0) is 101 Å². The molecule has 1 N–H and O–H groups in total. The standard InChI is InChI=1S/C26H24BrN3O/c1-16-5-9-22(23(27)12-16)26(31)30-11-3-4-18-6-7-19(13-21(18)15-30)20-8-10-24-25(14-20)29-17(2)28-24/h5-10,12-14H,3-4,11,15H2,1-2H3,(H,28,29). The number of hydrogen-bond acceptors (Lipinski definition) is 2. The average molecular weight is 474 g/mol. The smallest absolute Gasteiger partial charge is 0.255 e. The molecule has 3 aromatic carbocycles. The molecule has 0 saturated carbocycles. The van der Waals surface area contributed by atoms with Crippen LogP contribution in [0.3, 0.4) is 0 Å². The number of nitrogens with one attached hydrogen (secondary N) is 1. The first-order valence-electron chi connectivity index (χ1n) is 10.6. The third-order valence-electron chi connectivity index (χ3n) is 6.02. The number of halogens is 1. The molecule has 0 atom stereocenters. The maximum Gasteiger partial charge on any atom is 0.255 e. The van der Waals surface area contributed by atoms with E-state index in [1.54, 1.807) is 0 Å². The molecule has 2 heterocycles. The molecule has 1 amide bonds. The van der Waals surface area contributed by atoms with Crippen LogP contribution in [0, 0.1) is 13.8 Å². The number of hydrogen-bond donors (Lipinski definition) is 1. The molecule has 5 rings (SSSR count). The average Bonchev–Trinajstić information content (AvgIpc) is 2.98. The number of carbonyl (C=O) groups excluding carboxylic acids is 1. The van der Waals surface area contributed by atoms with Gasteiger partial charge in [0.05, 0.1) is 16.6 Å². The van der Waals surface area contributed by atoms with Crippen molar-refractivity contribution in [3.63, 3.8) is 0 Å². The first-order valence-corrected chi connectivity index (χ1v) is 11.4. The van der Waals surface area contributed by atoms with Gasteiger partial charge in [-0.3, -0.25) is 4.79 Å². The molecule has 0 spiro atoms. The lowest BCUT2D eigenvalue weighted by Gasteiger charge is -2.22. The van der Waals surface area contributed by atoms with Gasteiger partial charge >= 0.3 is 0 Å². The van der Waals surface area contributed by atoms with E-state index in [0.717, 1.165) is 63.0 Å². The van der Waals surface area contributed by atoms with Crippen LogP contribution in [-0.4, -0.2) is 27.3 Å². The number of carbonyl (C=O) groups is 1. The van der Waals surface area contributed by atoms with Crippen molar-refractivity contribution in [2.45, 2.75) is 33.2 Å². The lowest BCUT2D eigenvalue weighted by atomic mass is 9.97. The predicted octanol–water partition coefficient (Wildman–Crippen LogP) is 6.20. The second-order valence-corrected chi connectivity index (χ2v) is 9.21. The fraction of sp³-hybridized carbons (Fsp3) is 0.231. The van der Waals surface area contributed by atoms with Crippen LogP contribution in [0.4, 0.5) is 0 Å². The summed E-state index contributed by atoms with van der Waals surface area (Å²) >= 11 is 3.57. The molecule has 0 fully saturated rings. The molecule has 1 aliphatic heterocycles. The first-order chi connectivity index (χ1) is 15.0. The molecule has 4 aromatic rings. The van der Waals surface area contributed by atoms with E-state index in [4.69, 9.17) is 0 Å². The van der Waals surface area contributed by atoms with Gasteiger partial charge in [0.2, 0.25) is 0 Å². The number of imidazole rings is 1. The molecule has 156 valence electrons. The minimum atomic E-state index is 0.0820. The van der Waals surface area contributed by atoms with Crippen molar-refractivity contribution in [1.82, 2.24) is 14.9 Å². The van der Waals surface area contributed by atoms with Gasteiger partial charge in [-0.1, -0.05) is 24.3 Å². The van der Waals surface area contributed by atoms with E-state index < -0.39 is 0 Å². The molecule has 1 aromatic heterocycles. The van der Waals surface area contributed by atoms with E-state index in [9.17, 15) is 4.79 Å². The third-order valence-corrected chi connectivity index (χ3v) is 6.67. The molecular weight excluding hydrogens is 450 g/mol. The molecule has 0 unspecified atom stereocenters. The van der Waals surface area contributed by atoms with Gasteiger partial charge < -0.3 is 9.88 Å². The van der Waals surface area contributed by atoms with Crippen molar-refractivity contribution < 1.29 is 4.79 Å². The summed E-state index contributed by atoms with van der Waals surface area (Å²) in [7, 11) is 0. The Labute approximate surface area is 190 Å². The number of aromatic nitrogens is 2. The van der Waals surface area contributed by atoms with Crippen molar-refractivity contribution in [3.8, 4) is 11.1 Å². The van der Waals surface area contributed by atoms with E-state index in [1.807, 2.05) is 36.9 Å². The lowest BCUT2D eigenvalue weighted by Crippen LogP contribution is -2.31. The van der Waals surface area contributed by atoms with Gasteiger partial charge in [0.15, 0.2) is 0 Å². The zero-order chi connectivity index (χ0) is 21.5. The molecule has 4 nitrogen and oxygen atoms in total. The minimum absolute atomic E-state index is 0.0820. The predicted molar refractivity (Wildman–Crippen MR) is 128 cm³/mol. The lowest BCUT2D eigenvalue weighted by molar-refractivity contribution is 0.0745. The minimum Gasteiger partial charge on any atom is -0.342 e. The maximum absolute atomic E-state index is 13.3. The summed E-state index contributed by atoms with van der Waals surface area (Å²) < 4.78 is 0.860. The Balaban J connectivity index is 1.47. The summed E-state index contributed by atoms with van der Waals surface area (Å²) in [6, 6.07) is 18.9. The molecule has 0 aliphatic carbocycles. The largest absolute Gasteiger partial charge is 0.342 e. The second kappa shape index (κ2) is 7.97. The summed E-state index contributed by atoms with van der Waals surface area (Å²) in [6.45, 7) is 5.40. The zero-order valence-electron chi connectivity index (χ0n) is 17.7. The van der Waals surface area contributed by atoms with E-state index in [1.165, 1.54) is 11.1 Å². The Bertz CT molecular complexity index is 1310. The monoisotopic (exact) mass is 473 g/mol. The summed E-state index contributed by atoms with van der Waals surface area (Å²) in [4.78, 5) is 23.1. The number of aromatic amines is 1.